The van der Waals surface area contributed by atoms with Gasteiger partial charge >= 0.3 is 5.97 Å². The second kappa shape index (κ2) is 9.75. The third kappa shape index (κ3) is 6.54. The maximum absolute atomic E-state index is 11.8. The van der Waals surface area contributed by atoms with Crippen molar-refractivity contribution in [2.24, 2.45) is 0 Å². The summed E-state index contributed by atoms with van der Waals surface area (Å²) in [5.74, 6) is 0.649. The van der Waals surface area contributed by atoms with E-state index in [1.54, 1.807) is 18.0 Å². The van der Waals surface area contributed by atoms with Crippen molar-refractivity contribution in [2.45, 2.75) is 37.8 Å². The molecule has 0 bridgehead atoms. The molecule has 0 aliphatic rings. The van der Waals surface area contributed by atoms with Crippen LogP contribution in [0, 0.1) is 0 Å². The Balaban J connectivity index is 2.37. The van der Waals surface area contributed by atoms with Crippen molar-refractivity contribution in [2.75, 3.05) is 18.9 Å². The minimum atomic E-state index is -0.228. The number of hydrogen-bond acceptors (Lipinski definition) is 6. The summed E-state index contributed by atoms with van der Waals surface area (Å²) in [5, 5.41) is 4.14. The molecule has 106 valence electrons. The van der Waals surface area contributed by atoms with E-state index >= 15 is 0 Å². The zero-order chi connectivity index (χ0) is 13.9. The molecule has 1 unspecified atom stereocenters. The Labute approximate surface area is 118 Å². The normalized spacial score (nSPS) is 12.1. The molecular weight excluding hydrogens is 262 g/mol. The molecule has 0 aliphatic carbocycles. The van der Waals surface area contributed by atoms with Gasteiger partial charge in [0.05, 0.1) is 11.6 Å². The van der Waals surface area contributed by atoms with Crippen LogP contribution in [0.25, 0.3) is 0 Å². The van der Waals surface area contributed by atoms with Crippen LogP contribution in [0.15, 0.2) is 23.6 Å². The number of ether oxygens (including phenoxy) is 1. The van der Waals surface area contributed by atoms with Gasteiger partial charge in [0.2, 0.25) is 0 Å². The molecule has 0 saturated heterocycles. The topological polar surface area (TPSA) is 64.1 Å². The number of esters is 1. The van der Waals surface area contributed by atoms with E-state index in [4.69, 9.17) is 4.74 Å². The highest BCUT2D eigenvalue weighted by Gasteiger charge is 2.18. The monoisotopic (exact) mass is 283 g/mol. The minimum absolute atomic E-state index is 0.167. The highest BCUT2D eigenvalue weighted by Crippen LogP contribution is 2.15. The number of hydrogen-bond donors (Lipinski definition) is 1. The maximum Gasteiger partial charge on any atom is 0.323 e. The van der Waals surface area contributed by atoms with Crippen molar-refractivity contribution in [3.8, 4) is 0 Å². The molecule has 19 heavy (non-hydrogen) atoms. The number of carbonyl (C=O) groups excluding carboxylic acids is 1. The first kappa shape index (κ1) is 15.9. The molecule has 1 heterocycles. The Morgan fingerprint density at radius 1 is 1.53 bits per heavy atom. The SMILES string of the molecule is CCCNC(CCSc1ccncn1)C(=O)OCC. The maximum atomic E-state index is 11.8. The van der Waals surface area contributed by atoms with Gasteiger partial charge in [-0.05, 0) is 32.4 Å². The van der Waals surface area contributed by atoms with E-state index in [2.05, 4.69) is 22.2 Å². The third-order valence-electron chi connectivity index (χ3n) is 2.42. The summed E-state index contributed by atoms with van der Waals surface area (Å²) in [4.78, 5) is 19.8. The zero-order valence-electron chi connectivity index (χ0n) is 11.5. The molecule has 1 aromatic heterocycles. The van der Waals surface area contributed by atoms with E-state index in [9.17, 15) is 4.79 Å². The summed E-state index contributed by atoms with van der Waals surface area (Å²) in [7, 11) is 0. The fourth-order valence-electron chi connectivity index (χ4n) is 1.51. The molecular formula is C13H21N3O2S. The van der Waals surface area contributed by atoms with E-state index < -0.39 is 0 Å². The van der Waals surface area contributed by atoms with Crippen LogP contribution in [0.1, 0.15) is 26.7 Å². The summed E-state index contributed by atoms with van der Waals surface area (Å²) in [6.45, 7) is 5.14. The van der Waals surface area contributed by atoms with Crippen molar-refractivity contribution in [3.63, 3.8) is 0 Å². The first-order valence-electron chi connectivity index (χ1n) is 6.56. The number of aromatic nitrogens is 2. The molecule has 1 N–H and O–H groups in total. The largest absolute Gasteiger partial charge is 0.465 e. The van der Waals surface area contributed by atoms with Gasteiger partial charge in [0.15, 0.2) is 0 Å². The van der Waals surface area contributed by atoms with Gasteiger partial charge in [-0.3, -0.25) is 4.79 Å². The van der Waals surface area contributed by atoms with Crippen molar-refractivity contribution in [3.05, 3.63) is 18.6 Å². The number of thioether (sulfide) groups is 1. The lowest BCUT2D eigenvalue weighted by atomic mass is 10.2. The molecule has 0 spiro atoms. The molecule has 6 heteroatoms. The van der Waals surface area contributed by atoms with Crippen LogP contribution >= 0.6 is 11.8 Å². The standard InChI is InChI=1S/C13H21N3O2S/c1-3-7-15-11(13(17)18-4-2)6-9-19-12-5-8-14-10-16-12/h5,8,10-11,15H,3-4,6-7,9H2,1-2H3. The van der Waals surface area contributed by atoms with Crippen LogP contribution in [-0.2, 0) is 9.53 Å². The van der Waals surface area contributed by atoms with Gasteiger partial charge < -0.3 is 10.1 Å². The smallest absolute Gasteiger partial charge is 0.323 e. The molecule has 0 fully saturated rings. The summed E-state index contributed by atoms with van der Waals surface area (Å²) in [5.41, 5.74) is 0. The molecule has 1 rings (SSSR count). The van der Waals surface area contributed by atoms with Gasteiger partial charge in [0.25, 0.3) is 0 Å². The Morgan fingerprint density at radius 3 is 3.00 bits per heavy atom. The van der Waals surface area contributed by atoms with Crippen LogP contribution in [0.2, 0.25) is 0 Å². The second-order valence-corrected chi connectivity index (χ2v) is 5.06. The highest BCUT2D eigenvalue weighted by molar-refractivity contribution is 7.99. The summed E-state index contributed by atoms with van der Waals surface area (Å²) in [6, 6.07) is 1.64. The molecule has 1 aromatic rings. The van der Waals surface area contributed by atoms with Gasteiger partial charge in [-0.1, -0.05) is 6.92 Å². The summed E-state index contributed by atoms with van der Waals surface area (Å²) in [6.07, 6.45) is 4.97. The average molecular weight is 283 g/mol. The van der Waals surface area contributed by atoms with Gasteiger partial charge in [-0.2, -0.15) is 0 Å². The van der Waals surface area contributed by atoms with Crippen LogP contribution in [0.3, 0.4) is 0 Å². The lowest BCUT2D eigenvalue weighted by Gasteiger charge is -2.16. The van der Waals surface area contributed by atoms with E-state index in [-0.39, 0.29) is 12.0 Å². The van der Waals surface area contributed by atoms with Gasteiger partial charge in [0, 0.05) is 11.9 Å². The van der Waals surface area contributed by atoms with Crippen molar-refractivity contribution in [1.29, 1.82) is 0 Å². The minimum Gasteiger partial charge on any atom is -0.465 e. The van der Waals surface area contributed by atoms with E-state index in [1.165, 1.54) is 6.33 Å². The van der Waals surface area contributed by atoms with E-state index in [0.29, 0.717) is 6.61 Å². The molecule has 0 aliphatic heterocycles. The summed E-state index contributed by atoms with van der Waals surface area (Å²) < 4.78 is 5.07. The molecule has 1 atom stereocenters. The van der Waals surface area contributed by atoms with Gasteiger partial charge in [-0.15, -0.1) is 11.8 Å². The predicted octanol–water partition coefficient (Wildman–Crippen LogP) is 1.89. The van der Waals surface area contributed by atoms with Crippen molar-refractivity contribution >= 4 is 17.7 Å². The van der Waals surface area contributed by atoms with Crippen LogP contribution in [0.4, 0.5) is 0 Å². The Bertz CT molecular complexity index is 362. The van der Waals surface area contributed by atoms with E-state index in [0.717, 1.165) is 30.2 Å². The van der Waals surface area contributed by atoms with Crippen LogP contribution < -0.4 is 5.32 Å². The Morgan fingerprint density at radius 2 is 2.37 bits per heavy atom. The van der Waals surface area contributed by atoms with Crippen LogP contribution in [-0.4, -0.2) is 40.9 Å². The highest BCUT2D eigenvalue weighted by atomic mass is 32.2. The lowest BCUT2D eigenvalue weighted by molar-refractivity contribution is -0.145. The van der Waals surface area contributed by atoms with Crippen molar-refractivity contribution < 1.29 is 9.53 Å². The third-order valence-corrected chi connectivity index (χ3v) is 3.40. The summed E-state index contributed by atoms with van der Waals surface area (Å²) >= 11 is 1.62. The number of rotatable bonds is 9. The molecule has 0 radical (unpaired) electrons. The molecule has 0 saturated carbocycles. The van der Waals surface area contributed by atoms with Gasteiger partial charge in [-0.25, -0.2) is 9.97 Å². The van der Waals surface area contributed by atoms with E-state index in [1.807, 2.05) is 13.0 Å². The molecule has 0 amide bonds. The fourth-order valence-corrected chi connectivity index (χ4v) is 2.35. The Hall–Kier alpha value is -1.14. The molecule has 5 nitrogen and oxygen atoms in total. The predicted molar refractivity (Wildman–Crippen MR) is 76.1 cm³/mol. The first-order chi connectivity index (χ1) is 9.27. The zero-order valence-corrected chi connectivity index (χ0v) is 12.3. The molecule has 0 aromatic carbocycles. The quantitative estimate of drug-likeness (QED) is 0.424. The van der Waals surface area contributed by atoms with Crippen molar-refractivity contribution in [1.82, 2.24) is 15.3 Å². The van der Waals surface area contributed by atoms with Gasteiger partial charge in [0.1, 0.15) is 12.4 Å². The van der Waals surface area contributed by atoms with Crippen LogP contribution in [0.5, 0.6) is 0 Å². The average Bonchev–Trinajstić information content (AvgIpc) is 2.44. The number of nitrogens with zero attached hydrogens (tertiary/aromatic N) is 2. The number of nitrogens with one attached hydrogen (secondary N) is 1. The first-order valence-corrected chi connectivity index (χ1v) is 7.55. The second-order valence-electron chi connectivity index (χ2n) is 3.94. The Kier molecular flexibility index (Phi) is 8.16. The number of carbonyl (C=O) groups is 1. The lowest BCUT2D eigenvalue weighted by Crippen LogP contribution is -2.39. The fraction of sp³-hybridized carbons (Fsp3) is 0.615.